The van der Waals surface area contributed by atoms with Gasteiger partial charge in [0.15, 0.2) is 5.75 Å². The van der Waals surface area contributed by atoms with Gasteiger partial charge in [-0.3, -0.25) is 0 Å². The molecule has 7 nitrogen and oxygen atoms in total. The molecule has 0 saturated heterocycles. The van der Waals surface area contributed by atoms with E-state index in [1.54, 1.807) is 29.4 Å². The van der Waals surface area contributed by atoms with Crippen molar-refractivity contribution in [3.05, 3.63) is 54.1 Å². The average Bonchev–Trinajstić information content (AvgIpc) is 3.06. The van der Waals surface area contributed by atoms with Gasteiger partial charge in [0.1, 0.15) is 5.56 Å². The monoisotopic (exact) mass is 390 g/mol. The number of imidazole rings is 1. The van der Waals surface area contributed by atoms with Crippen LogP contribution in [0.2, 0.25) is 0 Å². The van der Waals surface area contributed by atoms with Crippen molar-refractivity contribution in [3.63, 3.8) is 0 Å². The molecule has 2 aromatic rings. The smallest absolute Gasteiger partial charge is 0.465 e. The Hall–Kier alpha value is -2.82. The highest BCUT2D eigenvalue weighted by Crippen LogP contribution is 2.30. The first-order chi connectivity index (χ1) is 12.1. The summed E-state index contributed by atoms with van der Waals surface area (Å²) in [4.78, 5) is 15.5. The van der Waals surface area contributed by atoms with Crippen LogP contribution in [-0.2, 0) is 21.4 Å². The number of carbonyl (C=O) groups excluding carboxylic acids is 1. The molecule has 1 aromatic heterocycles. The summed E-state index contributed by atoms with van der Waals surface area (Å²) < 4.78 is 70.4. The number of alkyl halides is 3. The van der Waals surface area contributed by atoms with E-state index in [2.05, 4.69) is 13.9 Å². The molecule has 0 radical (unpaired) electrons. The second kappa shape index (κ2) is 7.60. The quantitative estimate of drug-likeness (QED) is 0.428. The van der Waals surface area contributed by atoms with Gasteiger partial charge in [-0.1, -0.05) is 18.2 Å². The highest BCUT2D eigenvalue weighted by Gasteiger charge is 2.49. The molecular formula is C15H13F3N2O5S. The van der Waals surface area contributed by atoms with Crippen LogP contribution in [0.25, 0.3) is 6.08 Å². The zero-order chi connectivity index (χ0) is 19.4. The normalized spacial score (nSPS) is 12.3. The lowest BCUT2D eigenvalue weighted by molar-refractivity contribution is -0.0500. The second-order valence-electron chi connectivity index (χ2n) is 4.89. The van der Waals surface area contributed by atoms with Crippen LogP contribution in [0.15, 0.2) is 43.0 Å². The molecule has 0 unspecified atom stereocenters. The van der Waals surface area contributed by atoms with Gasteiger partial charge in [-0.25, -0.2) is 9.78 Å². The lowest BCUT2D eigenvalue weighted by Gasteiger charge is -2.12. The largest absolute Gasteiger partial charge is 0.534 e. The first kappa shape index (κ1) is 19.5. The molecule has 0 aliphatic rings. The van der Waals surface area contributed by atoms with Crippen molar-refractivity contribution in [3.8, 4) is 5.75 Å². The van der Waals surface area contributed by atoms with Gasteiger partial charge in [-0.2, -0.15) is 21.6 Å². The number of methoxy groups -OCH3 is 1. The van der Waals surface area contributed by atoms with Gasteiger partial charge in [0.25, 0.3) is 0 Å². The Balaban J connectivity index is 2.33. The fourth-order valence-corrected chi connectivity index (χ4v) is 2.33. The first-order valence-corrected chi connectivity index (χ1v) is 8.40. The van der Waals surface area contributed by atoms with E-state index in [1.165, 1.54) is 12.1 Å². The maximum absolute atomic E-state index is 12.5. The summed E-state index contributed by atoms with van der Waals surface area (Å²) in [6.45, 7) is 0.426. The molecule has 0 amide bonds. The van der Waals surface area contributed by atoms with E-state index in [-0.39, 0.29) is 0 Å². The number of allylic oxidation sites excluding steroid dienone is 1. The van der Waals surface area contributed by atoms with Crippen molar-refractivity contribution in [1.29, 1.82) is 0 Å². The van der Waals surface area contributed by atoms with E-state index in [0.29, 0.717) is 12.1 Å². The maximum atomic E-state index is 12.5. The summed E-state index contributed by atoms with van der Waals surface area (Å²) in [5, 5.41) is 0. The Kier molecular flexibility index (Phi) is 5.70. The number of rotatable bonds is 6. The molecule has 1 heterocycles. The second-order valence-corrected chi connectivity index (χ2v) is 6.43. The minimum Gasteiger partial charge on any atom is -0.465 e. The summed E-state index contributed by atoms with van der Waals surface area (Å²) >= 11 is 0. The molecular weight excluding hydrogens is 377 g/mol. The fraction of sp³-hybridized carbons (Fsp3) is 0.200. The third kappa shape index (κ3) is 4.63. The topological polar surface area (TPSA) is 87.5 Å². The van der Waals surface area contributed by atoms with Crippen LogP contribution < -0.4 is 4.18 Å². The molecule has 26 heavy (non-hydrogen) atoms. The van der Waals surface area contributed by atoms with Gasteiger partial charge in [-0.05, 0) is 17.7 Å². The lowest BCUT2D eigenvalue weighted by Crippen LogP contribution is -2.28. The summed E-state index contributed by atoms with van der Waals surface area (Å²) in [5.41, 5.74) is -5.76. The van der Waals surface area contributed by atoms with Crippen molar-refractivity contribution < 1.29 is 35.3 Å². The number of nitrogens with zero attached hydrogens (tertiary/aromatic N) is 2. The van der Waals surface area contributed by atoms with Crippen LogP contribution in [0.5, 0.6) is 5.75 Å². The van der Waals surface area contributed by atoms with Crippen molar-refractivity contribution in [2.75, 3.05) is 7.11 Å². The SMILES string of the molecule is COC(=O)c1ccc(C=CCn2ccnc2)cc1OS(=O)(=O)C(F)(F)F. The number of esters is 1. The van der Waals surface area contributed by atoms with E-state index < -0.39 is 32.9 Å². The van der Waals surface area contributed by atoms with E-state index in [1.807, 2.05) is 0 Å². The minimum atomic E-state index is -5.93. The molecule has 0 saturated carbocycles. The Bertz CT molecular complexity index is 906. The third-order valence-electron chi connectivity index (χ3n) is 3.08. The standard InChI is InChI=1S/C15H13F3N2O5S/c1-24-14(21)12-5-4-11(3-2-7-20-8-6-19-10-20)9-13(12)25-26(22,23)15(16,17)18/h2-6,8-10H,7H2,1H3. The van der Waals surface area contributed by atoms with Gasteiger partial charge in [0.05, 0.1) is 13.4 Å². The number of halogens is 3. The Morgan fingerprint density at radius 2 is 2.08 bits per heavy atom. The van der Waals surface area contributed by atoms with Crippen LogP contribution in [-0.4, -0.2) is 36.6 Å². The fourth-order valence-electron chi connectivity index (χ4n) is 1.86. The van der Waals surface area contributed by atoms with Gasteiger partial charge in [0.2, 0.25) is 0 Å². The van der Waals surface area contributed by atoms with Crippen molar-refractivity contribution >= 4 is 22.2 Å². The highest BCUT2D eigenvalue weighted by molar-refractivity contribution is 7.88. The number of ether oxygens (including phenoxy) is 1. The molecule has 0 aliphatic heterocycles. The Morgan fingerprint density at radius 3 is 2.65 bits per heavy atom. The summed E-state index contributed by atoms with van der Waals surface area (Å²) in [6, 6.07) is 3.52. The molecule has 0 atom stereocenters. The van der Waals surface area contributed by atoms with Gasteiger partial charge in [-0.15, -0.1) is 0 Å². The molecule has 0 N–H and O–H groups in total. The molecule has 0 spiro atoms. The molecule has 140 valence electrons. The maximum Gasteiger partial charge on any atom is 0.534 e. The molecule has 2 rings (SSSR count). The average molecular weight is 390 g/mol. The number of carbonyl (C=O) groups is 1. The Labute approximate surface area is 146 Å². The van der Waals surface area contributed by atoms with E-state index in [4.69, 9.17) is 0 Å². The van der Waals surface area contributed by atoms with Crippen molar-refractivity contribution in [2.24, 2.45) is 0 Å². The van der Waals surface area contributed by atoms with Gasteiger partial charge in [0, 0.05) is 18.9 Å². The summed E-state index contributed by atoms with van der Waals surface area (Å²) in [7, 11) is -4.93. The zero-order valence-electron chi connectivity index (χ0n) is 13.3. The van der Waals surface area contributed by atoms with Crippen molar-refractivity contribution in [2.45, 2.75) is 12.1 Å². The zero-order valence-corrected chi connectivity index (χ0v) is 14.1. The molecule has 0 bridgehead atoms. The molecule has 11 heteroatoms. The minimum absolute atomic E-state index is 0.324. The van der Waals surface area contributed by atoms with Crippen LogP contribution in [0, 0.1) is 0 Å². The summed E-state index contributed by atoms with van der Waals surface area (Å²) in [5.74, 6) is -1.81. The van der Waals surface area contributed by atoms with E-state index >= 15 is 0 Å². The van der Waals surface area contributed by atoms with Crippen LogP contribution in [0.4, 0.5) is 13.2 Å². The third-order valence-corrected chi connectivity index (χ3v) is 4.05. The number of hydrogen-bond acceptors (Lipinski definition) is 6. The predicted molar refractivity (Wildman–Crippen MR) is 84.6 cm³/mol. The predicted octanol–water partition coefficient (Wildman–Crippen LogP) is 2.61. The molecule has 0 fully saturated rings. The van der Waals surface area contributed by atoms with E-state index in [9.17, 15) is 26.4 Å². The number of aromatic nitrogens is 2. The van der Waals surface area contributed by atoms with Gasteiger partial charge >= 0.3 is 21.6 Å². The van der Waals surface area contributed by atoms with Crippen LogP contribution >= 0.6 is 0 Å². The lowest BCUT2D eigenvalue weighted by atomic mass is 10.1. The van der Waals surface area contributed by atoms with Crippen LogP contribution in [0.1, 0.15) is 15.9 Å². The molecule has 1 aromatic carbocycles. The summed E-state index contributed by atoms with van der Waals surface area (Å²) in [6.07, 6.45) is 8.03. The van der Waals surface area contributed by atoms with E-state index in [0.717, 1.165) is 19.2 Å². The van der Waals surface area contributed by atoms with Crippen molar-refractivity contribution in [1.82, 2.24) is 9.55 Å². The molecule has 0 aliphatic carbocycles. The van der Waals surface area contributed by atoms with Gasteiger partial charge < -0.3 is 13.5 Å². The highest BCUT2D eigenvalue weighted by atomic mass is 32.2. The first-order valence-electron chi connectivity index (χ1n) is 6.99. The van der Waals surface area contributed by atoms with Crippen LogP contribution in [0.3, 0.4) is 0 Å². The number of hydrogen-bond donors (Lipinski definition) is 0. The Morgan fingerprint density at radius 1 is 1.35 bits per heavy atom. The number of benzene rings is 1.